The molecule has 0 aromatic carbocycles. The van der Waals surface area contributed by atoms with Crippen LogP contribution in [0.3, 0.4) is 0 Å². The summed E-state index contributed by atoms with van der Waals surface area (Å²) in [5.41, 5.74) is 5.47. The molecule has 0 spiro atoms. The van der Waals surface area contributed by atoms with Gasteiger partial charge >= 0.3 is 0 Å². The predicted octanol–water partition coefficient (Wildman–Crippen LogP) is 0.604. The molecule has 1 rings (SSSR count). The summed E-state index contributed by atoms with van der Waals surface area (Å²) in [7, 11) is 0. The van der Waals surface area contributed by atoms with Crippen LogP contribution in [-0.2, 0) is 4.79 Å². The van der Waals surface area contributed by atoms with Gasteiger partial charge in [0.1, 0.15) is 0 Å². The molecule has 1 atom stereocenters. The Labute approximate surface area is 104 Å². The van der Waals surface area contributed by atoms with E-state index in [0.717, 1.165) is 26.1 Å². The van der Waals surface area contributed by atoms with Gasteiger partial charge in [-0.2, -0.15) is 0 Å². The summed E-state index contributed by atoms with van der Waals surface area (Å²) in [5.74, 6) is 0.688. The van der Waals surface area contributed by atoms with Crippen molar-refractivity contribution in [2.24, 2.45) is 11.7 Å². The fourth-order valence-corrected chi connectivity index (χ4v) is 1.91. The van der Waals surface area contributed by atoms with E-state index in [4.69, 9.17) is 5.73 Å². The zero-order chi connectivity index (χ0) is 11.5. The Hall–Kier alpha value is -0.320. The van der Waals surface area contributed by atoms with Gasteiger partial charge in [0, 0.05) is 12.1 Å². The Morgan fingerprint density at radius 1 is 1.50 bits per heavy atom. The largest absolute Gasteiger partial charge is 0.350 e. The minimum atomic E-state index is -0.135. The standard InChI is InChI=1S/C11H23N3O.ClH/c1-11(2,3)13-10(15)8-14-5-4-9(6-12)7-14;/h9H,4-8,12H2,1-3H3,(H,13,15);1H. The molecule has 0 saturated carbocycles. The lowest BCUT2D eigenvalue weighted by atomic mass is 10.1. The molecule has 1 amide bonds. The van der Waals surface area contributed by atoms with Crippen molar-refractivity contribution in [2.45, 2.75) is 32.7 Å². The van der Waals surface area contributed by atoms with Crippen molar-refractivity contribution in [3.05, 3.63) is 0 Å². The molecule has 96 valence electrons. The normalized spacial score (nSPS) is 21.6. The van der Waals surface area contributed by atoms with Crippen molar-refractivity contribution >= 4 is 18.3 Å². The molecule has 1 aliphatic heterocycles. The molecule has 0 bridgehead atoms. The van der Waals surface area contributed by atoms with Crippen LogP contribution in [0.5, 0.6) is 0 Å². The number of nitrogens with zero attached hydrogens (tertiary/aromatic N) is 1. The summed E-state index contributed by atoms with van der Waals surface area (Å²) in [6.45, 7) is 9.20. The van der Waals surface area contributed by atoms with E-state index in [-0.39, 0.29) is 23.9 Å². The zero-order valence-electron chi connectivity index (χ0n) is 10.5. The number of carbonyl (C=O) groups excluding carboxylic acids is 1. The van der Waals surface area contributed by atoms with E-state index < -0.39 is 0 Å². The maximum absolute atomic E-state index is 11.6. The number of nitrogens with two attached hydrogens (primary N) is 1. The summed E-state index contributed by atoms with van der Waals surface area (Å²) < 4.78 is 0. The van der Waals surface area contributed by atoms with Gasteiger partial charge in [0.25, 0.3) is 0 Å². The highest BCUT2D eigenvalue weighted by atomic mass is 35.5. The highest BCUT2D eigenvalue weighted by Crippen LogP contribution is 2.14. The van der Waals surface area contributed by atoms with E-state index >= 15 is 0 Å². The number of nitrogens with one attached hydrogen (secondary N) is 1. The summed E-state index contributed by atoms with van der Waals surface area (Å²) in [4.78, 5) is 13.8. The number of carbonyl (C=O) groups is 1. The van der Waals surface area contributed by atoms with Gasteiger partial charge in [0.2, 0.25) is 5.91 Å². The molecule has 0 radical (unpaired) electrons. The quantitative estimate of drug-likeness (QED) is 0.770. The highest BCUT2D eigenvalue weighted by molar-refractivity contribution is 5.85. The maximum Gasteiger partial charge on any atom is 0.234 e. The van der Waals surface area contributed by atoms with Gasteiger partial charge in [-0.25, -0.2) is 0 Å². The first-order chi connectivity index (χ1) is 6.90. The molecule has 16 heavy (non-hydrogen) atoms. The van der Waals surface area contributed by atoms with Gasteiger partial charge in [-0.3, -0.25) is 9.69 Å². The molecular weight excluding hydrogens is 226 g/mol. The van der Waals surface area contributed by atoms with Crippen LogP contribution in [0.15, 0.2) is 0 Å². The summed E-state index contributed by atoms with van der Waals surface area (Å²) in [5, 5.41) is 2.97. The smallest absolute Gasteiger partial charge is 0.234 e. The fourth-order valence-electron chi connectivity index (χ4n) is 1.91. The van der Waals surface area contributed by atoms with Crippen LogP contribution in [0.2, 0.25) is 0 Å². The van der Waals surface area contributed by atoms with Crippen molar-refractivity contribution in [3.63, 3.8) is 0 Å². The SMILES string of the molecule is CC(C)(C)NC(=O)CN1CCC(CN)C1.Cl. The monoisotopic (exact) mass is 249 g/mol. The van der Waals surface area contributed by atoms with Crippen molar-refractivity contribution in [3.8, 4) is 0 Å². The lowest BCUT2D eigenvalue weighted by molar-refractivity contribution is -0.123. The molecule has 0 aromatic rings. The van der Waals surface area contributed by atoms with Crippen molar-refractivity contribution in [2.75, 3.05) is 26.2 Å². The van der Waals surface area contributed by atoms with Gasteiger partial charge in [0.05, 0.1) is 6.54 Å². The first-order valence-electron chi connectivity index (χ1n) is 5.64. The van der Waals surface area contributed by atoms with E-state index in [1.54, 1.807) is 0 Å². The van der Waals surface area contributed by atoms with Gasteiger partial charge in [-0.15, -0.1) is 12.4 Å². The average Bonchev–Trinajstić information content (AvgIpc) is 2.48. The summed E-state index contributed by atoms with van der Waals surface area (Å²) in [6.07, 6.45) is 1.12. The molecule has 1 unspecified atom stereocenters. The molecule has 5 heteroatoms. The molecular formula is C11H24ClN3O. The third kappa shape index (κ3) is 5.68. The second kappa shape index (κ2) is 6.42. The fraction of sp³-hybridized carbons (Fsp3) is 0.909. The lowest BCUT2D eigenvalue weighted by Gasteiger charge is -2.23. The summed E-state index contributed by atoms with van der Waals surface area (Å²) >= 11 is 0. The van der Waals surface area contributed by atoms with Crippen LogP contribution in [0.25, 0.3) is 0 Å². The highest BCUT2D eigenvalue weighted by Gasteiger charge is 2.24. The third-order valence-electron chi connectivity index (χ3n) is 2.58. The lowest BCUT2D eigenvalue weighted by Crippen LogP contribution is -2.45. The number of hydrogen-bond donors (Lipinski definition) is 2. The Balaban J connectivity index is 0.00000225. The van der Waals surface area contributed by atoms with Crippen molar-refractivity contribution in [1.82, 2.24) is 10.2 Å². The van der Waals surface area contributed by atoms with Gasteiger partial charge in [-0.05, 0) is 46.2 Å². The summed E-state index contributed by atoms with van der Waals surface area (Å²) in [6, 6.07) is 0. The van der Waals surface area contributed by atoms with Crippen LogP contribution in [0.4, 0.5) is 0 Å². The van der Waals surface area contributed by atoms with Crippen LogP contribution in [-0.4, -0.2) is 42.5 Å². The molecule has 1 saturated heterocycles. The van der Waals surface area contributed by atoms with Crippen LogP contribution < -0.4 is 11.1 Å². The number of hydrogen-bond acceptors (Lipinski definition) is 3. The maximum atomic E-state index is 11.6. The molecule has 0 aliphatic carbocycles. The second-order valence-electron chi connectivity index (χ2n) is 5.42. The minimum absolute atomic E-state index is 0. The topological polar surface area (TPSA) is 58.4 Å². The molecule has 1 aliphatic rings. The number of likely N-dealkylation sites (tertiary alicyclic amines) is 1. The Kier molecular flexibility index (Phi) is 6.30. The van der Waals surface area contributed by atoms with E-state index in [1.807, 2.05) is 20.8 Å². The predicted molar refractivity (Wildman–Crippen MR) is 68.7 cm³/mol. The first kappa shape index (κ1) is 15.7. The van der Waals surface area contributed by atoms with E-state index in [0.29, 0.717) is 12.5 Å². The number of rotatable bonds is 3. The van der Waals surface area contributed by atoms with Crippen LogP contribution in [0, 0.1) is 5.92 Å². The van der Waals surface area contributed by atoms with Crippen LogP contribution in [0.1, 0.15) is 27.2 Å². The van der Waals surface area contributed by atoms with Crippen LogP contribution >= 0.6 is 12.4 Å². The van der Waals surface area contributed by atoms with Gasteiger partial charge in [0.15, 0.2) is 0 Å². The number of amides is 1. The minimum Gasteiger partial charge on any atom is -0.350 e. The van der Waals surface area contributed by atoms with Crippen molar-refractivity contribution in [1.29, 1.82) is 0 Å². The van der Waals surface area contributed by atoms with Gasteiger partial charge in [-0.1, -0.05) is 0 Å². The van der Waals surface area contributed by atoms with E-state index in [1.165, 1.54) is 0 Å². The van der Waals surface area contributed by atoms with Crippen molar-refractivity contribution < 1.29 is 4.79 Å². The molecule has 1 heterocycles. The zero-order valence-corrected chi connectivity index (χ0v) is 11.3. The Morgan fingerprint density at radius 3 is 2.56 bits per heavy atom. The Bertz CT molecular complexity index is 228. The molecule has 0 aromatic heterocycles. The Morgan fingerprint density at radius 2 is 2.12 bits per heavy atom. The third-order valence-corrected chi connectivity index (χ3v) is 2.58. The first-order valence-corrected chi connectivity index (χ1v) is 5.64. The number of halogens is 1. The molecule has 4 nitrogen and oxygen atoms in total. The molecule has 3 N–H and O–H groups in total. The van der Waals surface area contributed by atoms with E-state index in [9.17, 15) is 4.79 Å². The molecule has 1 fully saturated rings. The second-order valence-corrected chi connectivity index (χ2v) is 5.42. The van der Waals surface area contributed by atoms with E-state index in [2.05, 4.69) is 10.2 Å². The average molecular weight is 250 g/mol. The van der Waals surface area contributed by atoms with Gasteiger partial charge < -0.3 is 11.1 Å².